The number of hydrogen-bond acceptors (Lipinski definition) is 7. The van der Waals surface area contributed by atoms with Gasteiger partial charge in [-0.15, -0.1) is 0 Å². The van der Waals surface area contributed by atoms with Crippen molar-refractivity contribution in [1.82, 2.24) is 0 Å². The molecule has 3 rings (SSSR count). The Labute approximate surface area is 171 Å². The summed E-state index contributed by atoms with van der Waals surface area (Å²) in [5.74, 6) is 0.154. The number of aliphatic imine (C=N–C) groups is 1. The number of halogens is 1. The van der Waals surface area contributed by atoms with Crippen molar-refractivity contribution in [2.75, 3.05) is 13.7 Å². The van der Waals surface area contributed by atoms with Crippen LogP contribution in [0.25, 0.3) is 6.08 Å². The minimum Gasteiger partial charge on any atom is -0.493 e. The second kappa shape index (κ2) is 8.32. The molecule has 9 heteroatoms. The fraction of sp³-hybridized carbons (Fsp3) is 0.200. The number of carbonyl (C=O) groups excluding carboxylic acids is 1. The highest BCUT2D eigenvalue weighted by Gasteiger charge is 2.27. The molecule has 0 saturated carbocycles. The summed E-state index contributed by atoms with van der Waals surface area (Å²) >= 11 is 6.26. The van der Waals surface area contributed by atoms with E-state index >= 15 is 0 Å². The van der Waals surface area contributed by atoms with Crippen molar-refractivity contribution in [2.24, 2.45) is 4.99 Å². The zero-order valence-electron chi connectivity index (χ0n) is 15.9. The third kappa shape index (κ3) is 4.07. The predicted molar refractivity (Wildman–Crippen MR) is 108 cm³/mol. The van der Waals surface area contributed by atoms with Crippen LogP contribution in [0.2, 0.25) is 5.02 Å². The minimum atomic E-state index is -0.671. The number of nitro benzene ring substituents is 1. The Balaban J connectivity index is 2.01. The number of rotatable bonds is 6. The van der Waals surface area contributed by atoms with Gasteiger partial charge >= 0.3 is 5.97 Å². The molecule has 0 aromatic heterocycles. The number of esters is 1. The van der Waals surface area contributed by atoms with Crippen LogP contribution in [0, 0.1) is 17.0 Å². The molecule has 0 radical (unpaired) electrons. The van der Waals surface area contributed by atoms with Crippen LogP contribution in [0.5, 0.6) is 11.5 Å². The maximum absolute atomic E-state index is 12.3. The standard InChI is InChI=1S/C20H17ClN2O6/c1-4-28-18-14(21)8-12(10-17(18)27-3)9-15-20(24)29-19(22-15)13-6-5-7-16(11(13)2)23(25)26/h5-10H,4H2,1-3H3/b15-9-. The smallest absolute Gasteiger partial charge is 0.363 e. The van der Waals surface area contributed by atoms with E-state index in [-0.39, 0.29) is 17.3 Å². The molecule has 0 bridgehead atoms. The van der Waals surface area contributed by atoms with Gasteiger partial charge in [0, 0.05) is 17.2 Å². The molecule has 0 fully saturated rings. The van der Waals surface area contributed by atoms with E-state index in [0.717, 1.165) is 0 Å². The quantitative estimate of drug-likeness (QED) is 0.301. The van der Waals surface area contributed by atoms with Gasteiger partial charge in [0.25, 0.3) is 5.69 Å². The van der Waals surface area contributed by atoms with Crippen LogP contribution in [-0.2, 0) is 9.53 Å². The number of ether oxygens (including phenoxy) is 3. The Hall–Kier alpha value is -3.39. The molecule has 150 valence electrons. The van der Waals surface area contributed by atoms with Crippen molar-refractivity contribution in [3.63, 3.8) is 0 Å². The molecule has 2 aromatic rings. The SMILES string of the molecule is CCOc1c(Cl)cc(/C=C2\N=C(c3cccc([N+](=O)[O-])c3C)OC2=O)cc1OC. The molecular weight excluding hydrogens is 400 g/mol. The number of carbonyl (C=O) groups is 1. The lowest BCUT2D eigenvalue weighted by atomic mass is 10.1. The number of methoxy groups -OCH3 is 1. The molecule has 1 heterocycles. The van der Waals surface area contributed by atoms with E-state index in [1.54, 1.807) is 25.1 Å². The van der Waals surface area contributed by atoms with Gasteiger partial charge in [0.1, 0.15) is 0 Å². The van der Waals surface area contributed by atoms with Crippen molar-refractivity contribution >= 4 is 35.2 Å². The maximum Gasteiger partial charge on any atom is 0.363 e. The number of hydrogen-bond donors (Lipinski definition) is 0. The first-order valence-electron chi connectivity index (χ1n) is 8.63. The summed E-state index contributed by atoms with van der Waals surface area (Å²) in [6.45, 7) is 3.81. The van der Waals surface area contributed by atoms with E-state index in [0.29, 0.717) is 39.8 Å². The summed E-state index contributed by atoms with van der Waals surface area (Å²) in [6, 6.07) is 7.76. The van der Waals surface area contributed by atoms with Crippen LogP contribution < -0.4 is 9.47 Å². The second-order valence-electron chi connectivity index (χ2n) is 6.01. The fourth-order valence-electron chi connectivity index (χ4n) is 2.84. The topological polar surface area (TPSA) is 100 Å². The third-order valence-electron chi connectivity index (χ3n) is 4.20. The summed E-state index contributed by atoms with van der Waals surface area (Å²) in [5.41, 5.74) is 1.24. The highest BCUT2D eigenvalue weighted by atomic mass is 35.5. The van der Waals surface area contributed by atoms with Gasteiger partial charge in [-0.2, -0.15) is 0 Å². The molecule has 0 atom stereocenters. The van der Waals surface area contributed by atoms with Gasteiger partial charge in [-0.1, -0.05) is 17.7 Å². The summed E-state index contributed by atoms with van der Waals surface area (Å²) in [6.07, 6.45) is 1.49. The molecule has 29 heavy (non-hydrogen) atoms. The molecule has 0 aliphatic carbocycles. The molecular formula is C20H17ClN2O6. The van der Waals surface area contributed by atoms with Crippen molar-refractivity contribution in [3.8, 4) is 11.5 Å². The molecule has 2 aromatic carbocycles. The van der Waals surface area contributed by atoms with E-state index < -0.39 is 10.9 Å². The van der Waals surface area contributed by atoms with Gasteiger partial charge in [0.15, 0.2) is 17.2 Å². The third-order valence-corrected chi connectivity index (χ3v) is 4.48. The largest absolute Gasteiger partial charge is 0.493 e. The van der Waals surface area contributed by atoms with Gasteiger partial charge in [-0.3, -0.25) is 10.1 Å². The molecule has 0 saturated heterocycles. The lowest BCUT2D eigenvalue weighted by Crippen LogP contribution is -2.08. The maximum atomic E-state index is 12.3. The van der Waals surface area contributed by atoms with Gasteiger partial charge in [0.2, 0.25) is 5.90 Å². The van der Waals surface area contributed by atoms with E-state index in [4.69, 9.17) is 25.8 Å². The normalized spacial score (nSPS) is 14.6. The van der Waals surface area contributed by atoms with Crippen molar-refractivity contribution < 1.29 is 23.9 Å². The van der Waals surface area contributed by atoms with Gasteiger partial charge < -0.3 is 14.2 Å². The van der Waals surface area contributed by atoms with Crippen LogP contribution in [-0.4, -0.2) is 30.5 Å². The molecule has 8 nitrogen and oxygen atoms in total. The van der Waals surface area contributed by atoms with E-state index in [9.17, 15) is 14.9 Å². The first-order chi connectivity index (χ1) is 13.8. The first kappa shape index (κ1) is 20.3. The lowest BCUT2D eigenvalue weighted by molar-refractivity contribution is -0.385. The number of nitrogens with zero attached hydrogens (tertiary/aromatic N) is 2. The molecule has 0 amide bonds. The van der Waals surface area contributed by atoms with Gasteiger partial charge in [-0.25, -0.2) is 9.79 Å². The average Bonchev–Trinajstić information content (AvgIpc) is 3.03. The Morgan fingerprint density at radius 1 is 1.34 bits per heavy atom. The lowest BCUT2D eigenvalue weighted by Gasteiger charge is -2.11. The zero-order valence-corrected chi connectivity index (χ0v) is 16.6. The fourth-order valence-corrected chi connectivity index (χ4v) is 3.12. The average molecular weight is 417 g/mol. The van der Waals surface area contributed by atoms with Crippen molar-refractivity contribution in [3.05, 3.63) is 67.9 Å². The zero-order chi connectivity index (χ0) is 21.1. The summed E-state index contributed by atoms with van der Waals surface area (Å²) in [7, 11) is 1.48. The van der Waals surface area contributed by atoms with E-state index in [1.165, 1.54) is 25.3 Å². The monoisotopic (exact) mass is 416 g/mol. The predicted octanol–water partition coefficient (Wildman–Crippen LogP) is 4.31. The Bertz CT molecular complexity index is 1060. The number of cyclic esters (lactones) is 1. The van der Waals surface area contributed by atoms with Crippen molar-refractivity contribution in [1.29, 1.82) is 0 Å². The molecule has 0 spiro atoms. The highest BCUT2D eigenvalue weighted by molar-refractivity contribution is 6.32. The first-order valence-corrected chi connectivity index (χ1v) is 9.00. The van der Waals surface area contributed by atoms with Crippen LogP contribution in [0.3, 0.4) is 0 Å². The van der Waals surface area contributed by atoms with Crippen molar-refractivity contribution in [2.45, 2.75) is 13.8 Å². The van der Waals surface area contributed by atoms with Gasteiger partial charge in [-0.05, 0) is 43.7 Å². The Morgan fingerprint density at radius 2 is 2.10 bits per heavy atom. The number of benzene rings is 2. The van der Waals surface area contributed by atoms with E-state index in [1.807, 2.05) is 6.92 Å². The van der Waals surface area contributed by atoms with E-state index in [2.05, 4.69) is 4.99 Å². The number of nitro groups is 1. The molecule has 0 N–H and O–H groups in total. The van der Waals surface area contributed by atoms with Gasteiger partial charge in [0.05, 0.1) is 23.7 Å². The summed E-state index contributed by atoms with van der Waals surface area (Å²) in [5, 5.41) is 11.5. The van der Waals surface area contributed by atoms with Crippen LogP contribution in [0.4, 0.5) is 5.69 Å². The molecule has 1 aliphatic rings. The van der Waals surface area contributed by atoms with Crippen LogP contribution in [0.1, 0.15) is 23.6 Å². The van der Waals surface area contributed by atoms with Crippen LogP contribution >= 0.6 is 11.6 Å². The Morgan fingerprint density at radius 3 is 2.76 bits per heavy atom. The molecule has 0 unspecified atom stereocenters. The van der Waals surface area contributed by atoms with Crippen LogP contribution in [0.15, 0.2) is 41.0 Å². The minimum absolute atomic E-state index is 0.00597. The Kier molecular flexibility index (Phi) is 5.84. The summed E-state index contributed by atoms with van der Waals surface area (Å²) < 4.78 is 16.0. The molecule has 1 aliphatic heterocycles. The second-order valence-corrected chi connectivity index (χ2v) is 6.42. The summed E-state index contributed by atoms with van der Waals surface area (Å²) in [4.78, 5) is 27.1. The highest BCUT2D eigenvalue weighted by Crippen LogP contribution is 2.37.